The first-order valence-corrected chi connectivity index (χ1v) is 13.4. The number of nitrogens with zero attached hydrogens (tertiary/aromatic N) is 2. The van der Waals surface area contributed by atoms with Crippen LogP contribution in [0.25, 0.3) is 0 Å². The Balaban J connectivity index is 0.00000145. The fourth-order valence-electron chi connectivity index (χ4n) is 3.80. The Morgan fingerprint density at radius 3 is 2.42 bits per heavy atom. The lowest BCUT2D eigenvalue weighted by atomic mass is 10.1. The van der Waals surface area contributed by atoms with Crippen LogP contribution in [0.2, 0.25) is 0 Å². The van der Waals surface area contributed by atoms with Crippen LogP contribution in [-0.2, 0) is 9.47 Å². The minimum atomic E-state index is -0.160. The molecule has 7 heteroatoms. The number of nitrogens with two attached hydrogens (primary N) is 1. The van der Waals surface area contributed by atoms with Crippen LogP contribution in [0.4, 0.5) is 11.4 Å². The first-order chi connectivity index (χ1) is 17.5. The molecule has 2 aromatic carbocycles. The smallest absolute Gasteiger partial charge is 0.253 e. The van der Waals surface area contributed by atoms with E-state index in [0.29, 0.717) is 24.4 Å². The number of unbranched alkanes of at least 4 members (excludes halogenated alkanes) is 3. The third kappa shape index (κ3) is 10.6. The predicted molar refractivity (Wildman–Crippen MR) is 146 cm³/mol. The number of amides is 1. The number of carbonyl (C=O) groups is 1. The van der Waals surface area contributed by atoms with Gasteiger partial charge in [0, 0.05) is 25.6 Å². The number of nitrogens with one attached hydrogen (secondary N) is 1. The van der Waals surface area contributed by atoms with E-state index in [1.165, 1.54) is 12.0 Å². The Morgan fingerprint density at radius 1 is 1.03 bits per heavy atom. The number of azo groups is 1. The second-order valence-corrected chi connectivity index (χ2v) is 9.21. The van der Waals surface area contributed by atoms with E-state index < -0.39 is 0 Å². The topological polar surface area (TPSA) is 98.3 Å². The minimum absolute atomic E-state index is 0.0813. The van der Waals surface area contributed by atoms with Gasteiger partial charge in [0.1, 0.15) is 0 Å². The highest BCUT2D eigenvalue weighted by molar-refractivity contribution is 5.98. The molecule has 1 aliphatic rings. The van der Waals surface area contributed by atoms with E-state index in [1.807, 2.05) is 43.3 Å². The largest absolute Gasteiger partial charge is 0.353 e. The summed E-state index contributed by atoms with van der Waals surface area (Å²) in [7, 11) is 0. The Kier molecular flexibility index (Phi) is 13.9. The standard InChI is InChI=1S/C26H36N4O3.C3H8/c1-3-24-22(27)18-25(33-24)32-17-9-5-4-8-16-28-26(31)21-10-6-7-11-23(21)30-29-20-14-12-19(2)13-15-20;1-3-2/h6-7,10-15,22,24-25H,3-5,8-9,16-18,27H2,1-2H3,(H,28,31);3H2,1-2H3. The molecule has 0 spiro atoms. The monoisotopic (exact) mass is 496 g/mol. The first-order valence-electron chi connectivity index (χ1n) is 13.4. The van der Waals surface area contributed by atoms with Gasteiger partial charge in [0.15, 0.2) is 6.29 Å². The van der Waals surface area contributed by atoms with Crippen molar-refractivity contribution in [2.45, 2.75) is 91.1 Å². The third-order valence-corrected chi connectivity index (χ3v) is 5.79. The van der Waals surface area contributed by atoms with Crippen LogP contribution in [0.15, 0.2) is 58.8 Å². The van der Waals surface area contributed by atoms with E-state index in [-0.39, 0.29) is 24.3 Å². The highest BCUT2D eigenvalue weighted by atomic mass is 16.7. The van der Waals surface area contributed by atoms with Crippen molar-refractivity contribution in [3.05, 3.63) is 59.7 Å². The number of hydrogen-bond acceptors (Lipinski definition) is 6. The van der Waals surface area contributed by atoms with E-state index in [9.17, 15) is 4.79 Å². The lowest BCUT2D eigenvalue weighted by Gasteiger charge is -2.13. The van der Waals surface area contributed by atoms with Gasteiger partial charge in [-0.05, 0) is 50.5 Å². The first kappa shape index (κ1) is 29.6. The summed E-state index contributed by atoms with van der Waals surface area (Å²) in [6, 6.07) is 15.1. The van der Waals surface area contributed by atoms with Gasteiger partial charge in [-0.3, -0.25) is 4.79 Å². The fourth-order valence-corrected chi connectivity index (χ4v) is 3.80. The summed E-state index contributed by atoms with van der Waals surface area (Å²) in [5.41, 5.74) is 9.05. The molecule has 1 saturated heterocycles. The normalized spacial score (nSPS) is 19.2. The van der Waals surface area contributed by atoms with Gasteiger partial charge in [0.2, 0.25) is 0 Å². The van der Waals surface area contributed by atoms with E-state index in [4.69, 9.17) is 15.2 Å². The average molecular weight is 497 g/mol. The number of rotatable bonds is 12. The van der Waals surface area contributed by atoms with Crippen LogP contribution in [-0.4, -0.2) is 37.5 Å². The Bertz CT molecular complexity index is 917. The molecular weight excluding hydrogens is 452 g/mol. The molecule has 2 aromatic rings. The highest BCUT2D eigenvalue weighted by Gasteiger charge is 2.31. The molecule has 3 atom stereocenters. The molecule has 1 amide bonds. The molecular formula is C29H44N4O3. The lowest BCUT2D eigenvalue weighted by Crippen LogP contribution is -2.29. The molecule has 7 nitrogen and oxygen atoms in total. The molecule has 1 fully saturated rings. The maximum Gasteiger partial charge on any atom is 0.253 e. The second-order valence-electron chi connectivity index (χ2n) is 9.21. The van der Waals surface area contributed by atoms with Crippen LogP contribution in [0.3, 0.4) is 0 Å². The zero-order valence-corrected chi connectivity index (χ0v) is 22.4. The lowest BCUT2D eigenvalue weighted by molar-refractivity contribution is -0.134. The van der Waals surface area contributed by atoms with E-state index in [0.717, 1.165) is 44.2 Å². The van der Waals surface area contributed by atoms with Gasteiger partial charge in [-0.1, -0.05) is 69.9 Å². The van der Waals surface area contributed by atoms with Gasteiger partial charge in [0.25, 0.3) is 5.91 Å². The van der Waals surface area contributed by atoms with Gasteiger partial charge < -0.3 is 20.5 Å². The molecule has 3 N–H and O–H groups in total. The summed E-state index contributed by atoms with van der Waals surface area (Å²) < 4.78 is 11.6. The van der Waals surface area contributed by atoms with Crippen LogP contribution in [0.5, 0.6) is 0 Å². The van der Waals surface area contributed by atoms with Crippen molar-refractivity contribution in [3.63, 3.8) is 0 Å². The van der Waals surface area contributed by atoms with Crippen LogP contribution >= 0.6 is 0 Å². The Morgan fingerprint density at radius 2 is 1.72 bits per heavy atom. The summed E-state index contributed by atoms with van der Waals surface area (Å²) in [6.45, 7) is 9.67. The van der Waals surface area contributed by atoms with Crippen molar-refractivity contribution in [2.75, 3.05) is 13.2 Å². The molecule has 1 aliphatic heterocycles. The number of benzene rings is 2. The second kappa shape index (κ2) is 17.0. The van der Waals surface area contributed by atoms with Crippen molar-refractivity contribution < 1.29 is 14.3 Å². The van der Waals surface area contributed by atoms with Gasteiger partial charge >= 0.3 is 0 Å². The molecule has 198 valence electrons. The van der Waals surface area contributed by atoms with E-state index >= 15 is 0 Å². The number of hydrogen-bond donors (Lipinski definition) is 2. The van der Waals surface area contributed by atoms with Crippen molar-refractivity contribution in [1.82, 2.24) is 5.32 Å². The van der Waals surface area contributed by atoms with Gasteiger partial charge in [-0.25, -0.2) is 0 Å². The molecule has 0 radical (unpaired) electrons. The van der Waals surface area contributed by atoms with Crippen molar-refractivity contribution in [2.24, 2.45) is 16.0 Å². The molecule has 1 heterocycles. The number of carbonyl (C=O) groups excluding carboxylic acids is 1. The molecule has 0 aromatic heterocycles. The Hall–Kier alpha value is -2.61. The summed E-state index contributed by atoms with van der Waals surface area (Å²) in [5, 5.41) is 11.5. The molecule has 36 heavy (non-hydrogen) atoms. The predicted octanol–water partition coefficient (Wildman–Crippen LogP) is 6.99. The fraction of sp³-hybridized carbons (Fsp3) is 0.552. The van der Waals surface area contributed by atoms with Crippen molar-refractivity contribution >= 4 is 17.3 Å². The summed E-state index contributed by atoms with van der Waals surface area (Å²) in [4.78, 5) is 12.6. The van der Waals surface area contributed by atoms with E-state index in [2.05, 4.69) is 36.3 Å². The minimum Gasteiger partial charge on any atom is -0.353 e. The van der Waals surface area contributed by atoms with Crippen LogP contribution in [0, 0.1) is 6.92 Å². The van der Waals surface area contributed by atoms with Gasteiger partial charge in [-0.2, -0.15) is 5.11 Å². The third-order valence-electron chi connectivity index (χ3n) is 5.79. The Labute approximate surface area is 216 Å². The SMILES string of the molecule is CCC.CCC1OC(OCCCCCCNC(=O)c2ccccc2N=Nc2ccc(C)cc2)CC1N. The maximum absolute atomic E-state index is 12.6. The van der Waals surface area contributed by atoms with Crippen LogP contribution < -0.4 is 11.1 Å². The quantitative estimate of drug-likeness (QED) is 0.244. The number of ether oxygens (including phenoxy) is 2. The average Bonchev–Trinajstić information content (AvgIpc) is 3.25. The number of aryl methyl sites for hydroxylation is 1. The maximum atomic E-state index is 12.6. The van der Waals surface area contributed by atoms with Crippen molar-refractivity contribution in [1.29, 1.82) is 0 Å². The molecule has 0 saturated carbocycles. The van der Waals surface area contributed by atoms with Gasteiger partial charge in [0.05, 0.1) is 23.0 Å². The molecule has 3 unspecified atom stereocenters. The van der Waals surface area contributed by atoms with E-state index in [1.54, 1.807) is 12.1 Å². The summed E-state index contributed by atoms with van der Waals surface area (Å²) >= 11 is 0. The highest BCUT2D eigenvalue weighted by Crippen LogP contribution is 2.23. The zero-order valence-electron chi connectivity index (χ0n) is 22.4. The molecule has 0 bridgehead atoms. The molecule has 0 aliphatic carbocycles. The summed E-state index contributed by atoms with van der Waals surface area (Å²) in [6.07, 6.45) is 6.88. The van der Waals surface area contributed by atoms with Gasteiger partial charge in [-0.15, -0.1) is 5.11 Å². The molecule has 3 rings (SSSR count). The van der Waals surface area contributed by atoms with Crippen molar-refractivity contribution in [3.8, 4) is 0 Å². The van der Waals surface area contributed by atoms with Crippen LogP contribution in [0.1, 0.15) is 81.6 Å². The zero-order chi connectivity index (χ0) is 26.2. The summed E-state index contributed by atoms with van der Waals surface area (Å²) in [5.74, 6) is -0.128.